The summed E-state index contributed by atoms with van der Waals surface area (Å²) < 4.78 is 4.84. The summed E-state index contributed by atoms with van der Waals surface area (Å²) in [5.41, 5.74) is 2.30. The van der Waals surface area contributed by atoms with Gasteiger partial charge in [-0.1, -0.05) is 18.2 Å². The van der Waals surface area contributed by atoms with E-state index in [1.54, 1.807) is 7.11 Å². The van der Waals surface area contributed by atoms with Crippen LogP contribution >= 0.6 is 0 Å². The Bertz CT molecular complexity index is 450. The average Bonchev–Trinajstić information content (AvgIpc) is 2.47. The molecule has 0 bridgehead atoms. The van der Waals surface area contributed by atoms with Crippen molar-refractivity contribution in [2.45, 2.75) is 18.9 Å². The van der Waals surface area contributed by atoms with Crippen LogP contribution in [0, 0.1) is 5.92 Å². The number of aliphatic hydroxyl groups excluding tert-OH is 1. The summed E-state index contributed by atoms with van der Waals surface area (Å²) in [6, 6.07) is 8.06. The minimum Gasteiger partial charge on any atom is -0.391 e. The number of benzene rings is 1. The number of ether oxygens (including phenoxy) is 1. The fourth-order valence-electron chi connectivity index (χ4n) is 2.41. The summed E-state index contributed by atoms with van der Waals surface area (Å²) >= 11 is 0. The van der Waals surface area contributed by atoms with E-state index in [2.05, 4.69) is 10.6 Å². The normalized spacial score (nSPS) is 18.8. The molecule has 1 aliphatic heterocycles. The van der Waals surface area contributed by atoms with E-state index in [0.717, 1.165) is 12.1 Å². The van der Waals surface area contributed by atoms with E-state index in [1.165, 1.54) is 5.56 Å². The molecule has 0 saturated carbocycles. The highest BCUT2D eigenvalue weighted by Gasteiger charge is 2.23. The van der Waals surface area contributed by atoms with E-state index in [1.807, 2.05) is 24.3 Å². The van der Waals surface area contributed by atoms with Gasteiger partial charge in [-0.05, 0) is 24.5 Å². The molecule has 0 aromatic heterocycles. The van der Waals surface area contributed by atoms with Gasteiger partial charge in [-0.2, -0.15) is 0 Å². The summed E-state index contributed by atoms with van der Waals surface area (Å²) in [5.74, 6) is -0.0129. The van der Waals surface area contributed by atoms with Crippen molar-refractivity contribution in [2.24, 2.45) is 5.92 Å². The van der Waals surface area contributed by atoms with Gasteiger partial charge in [0.1, 0.15) is 0 Å². The number of hydrogen-bond acceptors (Lipinski definition) is 4. The van der Waals surface area contributed by atoms with Gasteiger partial charge in [-0.25, -0.2) is 0 Å². The van der Waals surface area contributed by atoms with E-state index in [9.17, 15) is 9.90 Å². The molecule has 1 aliphatic rings. The maximum absolute atomic E-state index is 12.1. The van der Waals surface area contributed by atoms with Crippen LogP contribution in [0.25, 0.3) is 0 Å². The fraction of sp³-hybridized carbons (Fsp3) is 0.533. The molecular weight excluding hydrogens is 256 g/mol. The summed E-state index contributed by atoms with van der Waals surface area (Å²) in [6.07, 6.45) is 0.747. The molecule has 110 valence electrons. The lowest BCUT2D eigenvalue weighted by Gasteiger charge is -2.25. The number of carbonyl (C=O) groups excluding carboxylic acids is 1. The number of para-hydroxylation sites is 1. The van der Waals surface area contributed by atoms with Crippen LogP contribution in [-0.4, -0.2) is 43.9 Å². The minimum absolute atomic E-state index is 0.0385. The highest BCUT2D eigenvalue weighted by atomic mass is 16.5. The zero-order valence-corrected chi connectivity index (χ0v) is 11.8. The number of nitrogens with one attached hydrogen (secondary N) is 2. The molecule has 0 aliphatic carbocycles. The fourth-order valence-corrected chi connectivity index (χ4v) is 2.41. The Labute approximate surface area is 119 Å². The summed E-state index contributed by atoms with van der Waals surface area (Å²) in [7, 11) is 1.55. The number of methoxy groups -OCH3 is 1. The van der Waals surface area contributed by atoms with Crippen LogP contribution in [0.5, 0.6) is 0 Å². The van der Waals surface area contributed by atoms with Gasteiger partial charge >= 0.3 is 0 Å². The van der Waals surface area contributed by atoms with Crippen LogP contribution in [0.1, 0.15) is 12.0 Å². The highest BCUT2D eigenvalue weighted by Crippen LogP contribution is 2.24. The maximum Gasteiger partial charge on any atom is 0.225 e. The number of carbonyl (C=O) groups is 1. The summed E-state index contributed by atoms with van der Waals surface area (Å²) in [6.45, 7) is 1.43. The standard InChI is InChI=1S/C15H22N2O3/c1-20-10-13(18)6-7-16-15(19)12-8-11-4-2-3-5-14(11)17-9-12/h2-5,12-13,17-18H,6-10H2,1H3,(H,16,19). The third kappa shape index (κ3) is 3.95. The third-order valence-electron chi connectivity index (χ3n) is 3.53. The quantitative estimate of drug-likeness (QED) is 0.719. The number of hydrogen-bond donors (Lipinski definition) is 3. The van der Waals surface area contributed by atoms with Crippen molar-refractivity contribution in [3.63, 3.8) is 0 Å². The van der Waals surface area contributed by atoms with Gasteiger partial charge in [0.05, 0.1) is 18.6 Å². The van der Waals surface area contributed by atoms with E-state index in [0.29, 0.717) is 26.1 Å². The van der Waals surface area contributed by atoms with E-state index < -0.39 is 6.10 Å². The zero-order valence-electron chi connectivity index (χ0n) is 11.8. The van der Waals surface area contributed by atoms with Crippen molar-refractivity contribution < 1.29 is 14.6 Å². The molecule has 0 fully saturated rings. The van der Waals surface area contributed by atoms with Gasteiger partial charge in [-0.3, -0.25) is 4.79 Å². The molecular formula is C15H22N2O3. The summed E-state index contributed by atoms with van der Waals surface area (Å²) in [5, 5.41) is 15.7. The second kappa shape index (κ2) is 7.26. The molecule has 0 spiro atoms. The smallest absolute Gasteiger partial charge is 0.225 e. The summed E-state index contributed by atoms with van der Waals surface area (Å²) in [4.78, 5) is 12.1. The van der Waals surface area contributed by atoms with Crippen molar-refractivity contribution in [1.29, 1.82) is 0 Å². The largest absolute Gasteiger partial charge is 0.391 e. The number of amides is 1. The molecule has 0 radical (unpaired) electrons. The lowest BCUT2D eigenvalue weighted by molar-refractivity contribution is -0.124. The first-order valence-corrected chi connectivity index (χ1v) is 6.97. The molecule has 2 atom stereocenters. The van der Waals surface area contributed by atoms with Crippen LogP contribution in [0.15, 0.2) is 24.3 Å². The Hall–Kier alpha value is -1.59. The van der Waals surface area contributed by atoms with E-state index >= 15 is 0 Å². The lowest BCUT2D eigenvalue weighted by atomic mass is 9.93. The number of aliphatic hydroxyl groups is 1. The topological polar surface area (TPSA) is 70.6 Å². The molecule has 3 N–H and O–H groups in total. The van der Waals surface area contributed by atoms with Crippen molar-refractivity contribution in [3.8, 4) is 0 Å². The van der Waals surface area contributed by atoms with Crippen LogP contribution in [0.4, 0.5) is 5.69 Å². The van der Waals surface area contributed by atoms with Crippen LogP contribution in [0.3, 0.4) is 0 Å². The SMILES string of the molecule is COCC(O)CCNC(=O)C1CNc2ccccc2C1. The van der Waals surface area contributed by atoms with Gasteiger partial charge in [0, 0.05) is 25.9 Å². The van der Waals surface area contributed by atoms with Gasteiger partial charge in [0.2, 0.25) is 5.91 Å². The van der Waals surface area contributed by atoms with E-state index in [-0.39, 0.29) is 11.8 Å². The minimum atomic E-state index is -0.523. The van der Waals surface area contributed by atoms with Crippen molar-refractivity contribution >= 4 is 11.6 Å². The van der Waals surface area contributed by atoms with Crippen LogP contribution in [0.2, 0.25) is 0 Å². The molecule has 1 heterocycles. The van der Waals surface area contributed by atoms with Gasteiger partial charge in [0.25, 0.3) is 0 Å². The van der Waals surface area contributed by atoms with Crippen molar-refractivity contribution in [1.82, 2.24) is 5.32 Å². The Kier molecular flexibility index (Phi) is 5.38. The van der Waals surface area contributed by atoms with Crippen LogP contribution < -0.4 is 10.6 Å². The molecule has 20 heavy (non-hydrogen) atoms. The molecule has 5 heteroatoms. The van der Waals surface area contributed by atoms with Gasteiger partial charge < -0.3 is 20.5 Å². The van der Waals surface area contributed by atoms with Crippen LogP contribution in [-0.2, 0) is 16.0 Å². The zero-order chi connectivity index (χ0) is 14.4. The first kappa shape index (κ1) is 14.8. The predicted octanol–water partition coefficient (Wildman–Crippen LogP) is 0.784. The van der Waals surface area contributed by atoms with Gasteiger partial charge in [0.15, 0.2) is 0 Å². The third-order valence-corrected chi connectivity index (χ3v) is 3.53. The van der Waals surface area contributed by atoms with Gasteiger partial charge in [-0.15, -0.1) is 0 Å². The first-order chi connectivity index (χ1) is 9.70. The molecule has 1 amide bonds. The van der Waals surface area contributed by atoms with Crippen molar-refractivity contribution in [2.75, 3.05) is 32.1 Å². The van der Waals surface area contributed by atoms with Crippen molar-refractivity contribution in [3.05, 3.63) is 29.8 Å². The highest BCUT2D eigenvalue weighted by molar-refractivity contribution is 5.80. The second-order valence-corrected chi connectivity index (χ2v) is 5.13. The lowest BCUT2D eigenvalue weighted by Crippen LogP contribution is -2.39. The Morgan fingerprint density at radius 2 is 2.35 bits per heavy atom. The van der Waals surface area contributed by atoms with E-state index in [4.69, 9.17) is 4.74 Å². The number of fused-ring (bicyclic) bond motifs is 1. The number of anilines is 1. The monoisotopic (exact) mass is 278 g/mol. The Morgan fingerprint density at radius 3 is 3.15 bits per heavy atom. The molecule has 1 aromatic rings. The predicted molar refractivity (Wildman–Crippen MR) is 77.6 cm³/mol. The average molecular weight is 278 g/mol. The maximum atomic E-state index is 12.1. The Morgan fingerprint density at radius 1 is 1.55 bits per heavy atom. The molecule has 2 rings (SSSR count). The molecule has 2 unspecified atom stereocenters. The second-order valence-electron chi connectivity index (χ2n) is 5.13. The molecule has 0 saturated heterocycles. The molecule has 5 nitrogen and oxygen atoms in total. The number of rotatable bonds is 6. The molecule has 1 aromatic carbocycles. The Balaban J connectivity index is 1.77. The first-order valence-electron chi connectivity index (χ1n) is 6.97.